The van der Waals surface area contributed by atoms with Gasteiger partial charge in [-0.15, -0.1) is 0 Å². The lowest BCUT2D eigenvalue weighted by molar-refractivity contribution is -0.137. The average Bonchev–Trinajstić information content (AvgIpc) is 2.46. The zero-order valence-electron chi connectivity index (χ0n) is 12.0. The number of morpholine rings is 1. The minimum Gasteiger partial charge on any atom is -0.378 e. The molecule has 1 aromatic carbocycles. The molecule has 1 aliphatic heterocycles. The lowest BCUT2D eigenvalue weighted by atomic mass is 10.1. The molecule has 1 fully saturated rings. The van der Waals surface area contributed by atoms with Crippen molar-refractivity contribution in [1.29, 1.82) is 0 Å². The van der Waals surface area contributed by atoms with Gasteiger partial charge in [0.1, 0.15) is 5.82 Å². The van der Waals surface area contributed by atoms with Crippen LogP contribution in [0.25, 0.3) is 0 Å². The quantitative estimate of drug-likeness (QED) is 0.908. The van der Waals surface area contributed by atoms with E-state index in [0.29, 0.717) is 32.8 Å². The highest BCUT2D eigenvalue weighted by molar-refractivity contribution is 5.81. The van der Waals surface area contributed by atoms with Crippen LogP contribution in [0.1, 0.15) is 18.1 Å². The first-order valence-electron chi connectivity index (χ1n) is 6.93. The van der Waals surface area contributed by atoms with Crippen LogP contribution in [-0.2, 0) is 16.1 Å². The van der Waals surface area contributed by atoms with E-state index >= 15 is 0 Å². The summed E-state index contributed by atoms with van der Waals surface area (Å²) < 4.78 is 18.3. The van der Waals surface area contributed by atoms with E-state index in [2.05, 4.69) is 5.32 Å². The summed E-state index contributed by atoms with van der Waals surface area (Å²) in [5.41, 5.74) is 1.90. The molecule has 4 nitrogen and oxygen atoms in total. The van der Waals surface area contributed by atoms with E-state index in [1.165, 1.54) is 12.1 Å². The largest absolute Gasteiger partial charge is 0.378 e. The Balaban J connectivity index is 1.87. The van der Waals surface area contributed by atoms with Crippen molar-refractivity contribution in [2.24, 2.45) is 0 Å². The van der Waals surface area contributed by atoms with Crippen LogP contribution in [0.2, 0.25) is 0 Å². The van der Waals surface area contributed by atoms with Crippen LogP contribution in [0, 0.1) is 12.7 Å². The van der Waals surface area contributed by atoms with Crippen LogP contribution in [0.15, 0.2) is 18.2 Å². The Labute approximate surface area is 118 Å². The third kappa shape index (κ3) is 3.77. The Bertz CT molecular complexity index is 473. The van der Waals surface area contributed by atoms with E-state index in [1.54, 1.807) is 6.07 Å². The van der Waals surface area contributed by atoms with Crippen molar-refractivity contribution in [1.82, 2.24) is 10.2 Å². The van der Waals surface area contributed by atoms with Gasteiger partial charge >= 0.3 is 0 Å². The second-order valence-electron chi connectivity index (χ2n) is 5.11. The molecule has 2 rings (SSSR count). The number of carbonyl (C=O) groups is 1. The predicted octanol–water partition coefficient (Wildman–Crippen LogP) is 1.47. The van der Waals surface area contributed by atoms with Gasteiger partial charge in [-0.3, -0.25) is 4.79 Å². The molecule has 1 atom stereocenters. The van der Waals surface area contributed by atoms with Crippen LogP contribution in [0.3, 0.4) is 0 Å². The highest BCUT2D eigenvalue weighted by Crippen LogP contribution is 2.10. The van der Waals surface area contributed by atoms with Gasteiger partial charge in [-0.1, -0.05) is 6.07 Å². The van der Waals surface area contributed by atoms with Gasteiger partial charge in [0.25, 0.3) is 0 Å². The summed E-state index contributed by atoms with van der Waals surface area (Å²) in [6, 6.07) is 4.45. The molecule has 0 aliphatic carbocycles. The van der Waals surface area contributed by atoms with Gasteiger partial charge < -0.3 is 15.0 Å². The summed E-state index contributed by atoms with van der Waals surface area (Å²) in [5, 5.41) is 3.20. The molecule has 0 bridgehead atoms. The van der Waals surface area contributed by atoms with Gasteiger partial charge in [-0.25, -0.2) is 4.39 Å². The second-order valence-corrected chi connectivity index (χ2v) is 5.11. The standard InChI is InChI=1S/C15H21FN2O2/c1-11-9-14(16)4-3-13(11)10-17-12(2)15(19)18-5-7-20-8-6-18/h3-4,9,12,17H,5-8,10H2,1-2H3. The van der Waals surface area contributed by atoms with Crippen LogP contribution in [0.5, 0.6) is 0 Å². The van der Waals surface area contributed by atoms with E-state index in [9.17, 15) is 9.18 Å². The van der Waals surface area contributed by atoms with Gasteiger partial charge in [-0.2, -0.15) is 0 Å². The maximum Gasteiger partial charge on any atom is 0.239 e. The molecular formula is C15H21FN2O2. The van der Waals surface area contributed by atoms with E-state index in [1.807, 2.05) is 18.7 Å². The number of halogens is 1. The minimum atomic E-state index is -0.252. The Morgan fingerprint density at radius 2 is 2.15 bits per heavy atom. The third-order valence-corrected chi connectivity index (χ3v) is 3.60. The summed E-state index contributed by atoms with van der Waals surface area (Å²) in [6.07, 6.45) is 0. The maximum atomic E-state index is 13.0. The number of rotatable bonds is 4. The minimum absolute atomic E-state index is 0.0908. The number of hydrogen-bond donors (Lipinski definition) is 1. The van der Waals surface area contributed by atoms with Gasteiger partial charge in [0.15, 0.2) is 0 Å². The molecule has 1 saturated heterocycles. The number of benzene rings is 1. The van der Waals surface area contributed by atoms with Crippen molar-refractivity contribution in [3.63, 3.8) is 0 Å². The Hall–Kier alpha value is -1.46. The monoisotopic (exact) mass is 280 g/mol. The number of hydrogen-bond acceptors (Lipinski definition) is 3. The lowest BCUT2D eigenvalue weighted by Gasteiger charge is -2.29. The van der Waals surface area contributed by atoms with Gasteiger partial charge in [0.05, 0.1) is 19.3 Å². The molecule has 1 N–H and O–H groups in total. The second kappa shape index (κ2) is 6.81. The summed E-state index contributed by atoms with van der Waals surface area (Å²) >= 11 is 0. The highest BCUT2D eigenvalue weighted by atomic mass is 19.1. The molecule has 5 heteroatoms. The fourth-order valence-corrected chi connectivity index (χ4v) is 2.27. The molecule has 20 heavy (non-hydrogen) atoms. The smallest absolute Gasteiger partial charge is 0.239 e. The highest BCUT2D eigenvalue weighted by Gasteiger charge is 2.21. The summed E-state index contributed by atoms with van der Waals surface area (Å²) in [6.45, 7) is 6.81. The van der Waals surface area contributed by atoms with Crippen molar-refractivity contribution in [3.8, 4) is 0 Å². The van der Waals surface area contributed by atoms with Crippen LogP contribution in [-0.4, -0.2) is 43.2 Å². The number of nitrogens with one attached hydrogen (secondary N) is 1. The van der Waals surface area contributed by atoms with Crippen molar-refractivity contribution in [3.05, 3.63) is 35.1 Å². The van der Waals surface area contributed by atoms with Crippen LogP contribution >= 0.6 is 0 Å². The van der Waals surface area contributed by atoms with Crippen molar-refractivity contribution in [2.45, 2.75) is 26.4 Å². The van der Waals surface area contributed by atoms with Gasteiger partial charge in [0, 0.05) is 19.6 Å². The first-order valence-corrected chi connectivity index (χ1v) is 6.93. The summed E-state index contributed by atoms with van der Waals surface area (Å²) in [4.78, 5) is 14.0. The molecular weight excluding hydrogens is 259 g/mol. The van der Waals surface area contributed by atoms with Gasteiger partial charge in [0.2, 0.25) is 5.91 Å². The normalized spacial score (nSPS) is 17.1. The number of aryl methyl sites for hydroxylation is 1. The number of ether oxygens (including phenoxy) is 1. The zero-order valence-corrected chi connectivity index (χ0v) is 12.0. The van der Waals surface area contributed by atoms with Crippen LogP contribution in [0.4, 0.5) is 4.39 Å². The maximum absolute atomic E-state index is 13.0. The number of nitrogens with zero attached hydrogens (tertiary/aromatic N) is 1. The van der Waals surface area contributed by atoms with Gasteiger partial charge in [-0.05, 0) is 37.1 Å². The average molecular weight is 280 g/mol. The molecule has 0 radical (unpaired) electrons. The molecule has 0 aromatic heterocycles. The lowest BCUT2D eigenvalue weighted by Crippen LogP contribution is -2.49. The molecule has 1 aliphatic rings. The van der Waals surface area contributed by atoms with Crippen LogP contribution < -0.4 is 5.32 Å². The number of carbonyl (C=O) groups excluding carboxylic acids is 1. The molecule has 0 spiro atoms. The Morgan fingerprint density at radius 3 is 2.80 bits per heavy atom. The van der Waals surface area contributed by atoms with E-state index in [4.69, 9.17) is 4.74 Å². The Kier molecular flexibility index (Phi) is 5.09. The van der Waals surface area contributed by atoms with Crippen molar-refractivity contribution < 1.29 is 13.9 Å². The van der Waals surface area contributed by atoms with E-state index < -0.39 is 0 Å². The SMILES string of the molecule is Cc1cc(F)ccc1CNC(C)C(=O)N1CCOCC1. The fraction of sp³-hybridized carbons (Fsp3) is 0.533. The topological polar surface area (TPSA) is 41.6 Å². The van der Waals surface area contributed by atoms with Crippen molar-refractivity contribution in [2.75, 3.05) is 26.3 Å². The molecule has 1 amide bonds. The first kappa shape index (κ1) is 14.9. The molecule has 1 unspecified atom stereocenters. The van der Waals surface area contributed by atoms with Crippen molar-refractivity contribution >= 4 is 5.91 Å². The summed E-state index contributed by atoms with van der Waals surface area (Å²) in [5.74, 6) is -0.142. The fourth-order valence-electron chi connectivity index (χ4n) is 2.27. The molecule has 0 saturated carbocycles. The van der Waals surface area contributed by atoms with E-state index in [0.717, 1.165) is 11.1 Å². The molecule has 1 aromatic rings. The number of amides is 1. The molecule has 1 heterocycles. The molecule has 110 valence electrons. The zero-order chi connectivity index (χ0) is 14.5. The van der Waals surface area contributed by atoms with E-state index in [-0.39, 0.29) is 17.8 Å². The third-order valence-electron chi connectivity index (χ3n) is 3.60. The summed E-state index contributed by atoms with van der Waals surface area (Å²) in [7, 11) is 0. The first-order chi connectivity index (χ1) is 9.58. The Morgan fingerprint density at radius 1 is 1.45 bits per heavy atom. The predicted molar refractivity (Wildman–Crippen MR) is 74.8 cm³/mol.